The predicted molar refractivity (Wildman–Crippen MR) is 75.5 cm³/mol. The van der Waals surface area contributed by atoms with Crippen LogP contribution in [-0.4, -0.2) is 24.2 Å². The zero-order valence-electron chi connectivity index (χ0n) is 11.7. The Morgan fingerprint density at radius 1 is 1.33 bits per heavy atom. The molecule has 0 bridgehead atoms. The van der Waals surface area contributed by atoms with Crippen LogP contribution < -0.4 is 5.32 Å². The van der Waals surface area contributed by atoms with Crippen molar-refractivity contribution in [3.63, 3.8) is 0 Å². The van der Waals surface area contributed by atoms with Gasteiger partial charge < -0.3 is 19.6 Å². The number of carboxylic acids is 1. The number of carbonyl (C=O) groups excluding carboxylic acids is 1. The third kappa shape index (κ3) is 3.42. The van der Waals surface area contributed by atoms with Crippen molar-refractivity contribution in [2.45, 2.75) is 13.5 Å². The van der Waals surface area contributed by atoms with Crippen molar-refractivity contribution in [2.24, 2.45) is 0 Å². The smallest absolute Gasteiger partial charge is 0.341 e. The number of nitrogens with one attached hydrogen (secondary N) is 1. The number of aromatic carboxylic acids is 1. The normalized spacial score (nSPS) is 10.2. The van der Waals surface area contributed by atoms with E-state index in [2.05, 4.69) is 10.1 Å². The number of anilines is 1. The van der Waals surface area contributed by atoms with Gasteiger partial charge in [-0.1, -0.05) is 6.07 Å². The summed E-state index contributed by atoms with van der Waals surface area (Å²) >= 11 is 0. The molecule has 2 aromatic rings. The molecule has 2 N–H and O–H groups in total. The number of hydrogen-bond acceptors (Lipinski definition) is 5. The van der Waals surface area contributed by atoms with Crippen molar-refractivity contribution in [1.29, 1.82) is 0 Å². The number of carboxylic acid groups (broad SMARTS) is 1. The lowest BCUT2D eigenvalue weighted by atomic mass is 10.2. The number of esters is 1. The Balaban J connectivity index is 2.08. The summed E-state index contributed by atoms with van der Waals surface area (Å²) in [4.78, 5) is 22.4. The van der Waals surface area contributed by atoms with Crippen molar-refractivity contribution in [2.75, 3.05) is 12.4 Å². The van der Waals surface area contributed by atoms with Gasteiger partial charge in [-0.3, -0.25) is 0 Å². The second-order valence-electron chi connectivity index (χ2n) is 4.41. The summed E-state index contributed by atoms with van der Waals surface area (Å²) in [6.07, 6.45) is 0. The first-order chi connectivity index (χ1) is 10.0. The third-order valence-electron chi connectivity index (χ3n) is 2.95. The van der Waals surface area contributed by atoms with Crippen molar-refractivity contribution in [3.05, 3.63) is 53.0 Å². The average Bonchev–Trinajstić information content (AvgIpc) is 2.85. The lowest BCUT2D eigenvalue weighted by Gasteiger charge is -2.05. The van der Waals surface area contributed by atoms with Gasteiger partial charge in [0.05, 0.1) is 19.2 Å². The highest BCUT2D eigenvalue weighted by Gasteiger charge is 2.15. The monoisotopic (exact) mass is 289 g/mol. The van der Waals surface area contributed by atoms with Crippen molar-refractivity contribution < 1.29 is 23.8 Å². The van der Waals surface area contributed by atoms with E-state index < -0.39 is 11.9 Å². The second-order valence-corrected chi connectivity index (χ2v) is 4.41. The van der Waals surface area contributed by atoms with Gasteiger partial charge in [-0.25, -0.2) is 9.59 Å². The molecular formula is C15H15NO5. The average molecular weight is 289 g/mol. The SMILES string of the molecule is COC(=O)c1cc(CNc2cccc(C(=O)O)c2)oc1C. The second kappa shape index (κ2) is 6.13. The summed E-state index contributed by atoms with van der Waals surface area (Å²) in [5, 5.41) is 12.0. The van der Waals surface area contributed by atoms with Crippen LogP contribution in [0.25, 0.3) is 0 Å². The fraction of sp³-hybridized carbons (Fsp3) is 0.200. The van der Waals surface area contributed by atoms with Crippen LogP contribution in [0.1, 0.15) is 32.2 Å². The molecule has 110 valence electrons. The van der Waals surface area contributed by atoms with Crippen LogP contribution in [0.15, 0.2) is 34.7 Å². The first-order valence-electron chi connectivity index (χ1n) is 6.26. The highest BCUT2D eigenvalue weighted by atomic mass is 16.5. The van der Waals surface area contributed by atoms with Crippen LogP contribution in [0.4, 0.5) is 5.69 Å². The molecule has 1 heterocycles. The van der Waals surface area contributed by atoms with E-state index in [1.54, 1.807) is 25.1 Å². The van der Waals surface area contributed by atoms with Gasteiger partial charge in [0, 0.05) is 5.69 Å². The van der Waals surface area contributed by atoms with E-state index in [1.807, 2.05) is 0 Å². The molecule has 0 saturated carbocycles. The molecular weight excluding hydrogens is 274 g/mol. The number of carbonyl (C=O) groups is 2. The van der Waals surface area contributed by atoms with Crippen LogP contribution in [-0.2, 0) is 11.3 Å². The van der Waals surface area contributed by atoms with Gasteiger partial charge in [0.1, 0.15) is 17.1 Å². The van der Waals surface area contributed by atoms with Crippen LogP contribution in [0, 0.1) is 6.92 Å². The standard InChI is InChI=1S/C15H15NO5/c1-9-13(15(19)20-2)7-12(21-9)8-16-11-5-3-4-10(6-11)14(17)18/h3-7,16H,8H2,1-2H3,(H,17,18). The summed E-state index contributed by atoms with van der Waals surface area (Å²) in [5.41, 5.74) is 1.24. The fourth-order valence-electron chi connectivity index (χ4n) is 1.89. The van der Waals surface area contributed by atoms with Crippen molar-refractivity contribution in [3.8, 4) is 0 Å². The lowest BCUT2D eigenvalue weighted by Crippen LogP contribution is -2.02. The largest absolute Gasteiger partial charge is 0.478 e. The van der Waals surface area contributed by atoms with Crippen LogP contribution in [0.5, 0.6) is 0 Å². The van der Waals surface area contributed by atoms with E-state index >= 15 is 0 Å². The lowest BCUT2D eigenvalue weighted by molar-refractivity contribution is 0.0598. The van der Waals surface area contributed by atoms with Crippen LogP contribution in [0.2, 0.25) is 0 Å². The molecule has 0 amide bonds. The van der Waals surface area contributed by atoms with E-state index in [9.17, 15) is 9.59 Å². The number of benzene rings is 1. The number of aryl methyl sites for hydroxylation is 1. The van der Waals surface area contributed by atoms with Crippen LogP contribution in [0.3, 0.4) is 0 Å². The van der Waals surface area contributed by atoms with Gasteiger partial charge in [-0.2, -0.15) is 0 Å². The maximum Gasteiger partial charge on any atom is 0.341 e. The Kier molecular flexibility index (Phi) is 4.27. The summed E-state index contributed by atoms with van der Waals surface area (Å²) in [7, 11) is 1.31. The summed E-state index contributed by atoms with van der Waals surface area (Å²) in [5.74, 6) is -0.387. The number of furan rings is 1. The Morgan fingerprint density at radius 2 is 2.10 bits per heavy atom. The molecule has 0 atom stereocenters. The molecule has 0 fully saturated rings. The number of hydrogen-bond donors (Lipinski definition) is 2. The topological polar surface area (TPSA) is 88.8 Å². The molecule has 2 rings (SSSR count). The first kappa shape index (κ1) is 14.6. The zero-order valence-corrected chi connectivity index (χ0v) is 11.7. The summed E-state index contributed by atoms with van der Waals surface area (Å²) in [6, 6.07) is 8.05. The van der Waals surface area contributed by atoms with Gasteiger partial charge in [0.25, 0.3) is 0 Å². The maximum atomic E-state index is 11.5. The highest BCUT2D eigenvalue weighted by Crippen LogP contribution is 2.18. The molecule has 0 unspecified atom stereocenters. The summed E-state index contributed by atoms with van der Waals surface area (Å²) in [6.45, 7) is 2.02. The molecule has 1 aromatic heterocycles. The van der Waals surface area contributed by atoms with Gasteiger partial charge in [0.2, 0.25) is 0 Å². The predicted octanol–water partition coefficient (Wildman–Crippen LogP) is 2.68. The number of ether oxygens (including phenoxy) is 1. The van der Waals surface area contributed by atoms with E-state index in [-0.39, 0.29) is 5.56 Å². The third-order valence-corrected chi connectivity index (χ3v) is 2.95. The van der Waals surface area contributed by atoms with Gasteiger partial charge in [0.15, 0.2) is 0 Å². The van der Waals surface area contributed by atoms with E-state index in [4.69, 9.17) is 9.52 Å². The highest BCUT2D eigenvalue weighted by molar-refractivity contribution is 5.90. The Labute approximate surface area is 121 Å². The van der Waals surface area contributed by atoms with Gasteiger partial charge in [-0.05, 0) is 31.2 Å². The van der Waals surface area contributed by atoms with E-state index in [1.165, 1.54) is 19.2 Å². The van der Waals surface area contributed by atoms with Crippen molar-refractivity contribution in [1.82, 2.24) is 0 Å². The molecule has 6 heteroatoms. The molecule has 0 saturated heterocycles. The molecule has 21 heavy (non-hydrogen) atoms. The van der Waals surface area contributed by atoms with E-state index in [0.29, 0.717) is 29.3 Å². The molecule has 0 spiro atoms. The fourth-order valence-corrected chi connectivity index (χ4v) is 1.89. The van der Waals surface area contributed by atoms with Crippen LogP contribution >= 0.6 is 0 Å². The Morgan fingerprint density at radius 3 is 2.76 bits per heavy atom. The molecule has 0 aliphatic heterocycles. The summed E-state index contributed by atoms with van der Waals surface area (Å²) < 4.78 is 10.1. The Bertz CT molecular complexity index is 674. The first-order valence-corrected chi connectivity index (χ1v) is 6.26. The van der Waals surface area contributed by atoms with E-state index in [0.717, 1.165) is 0 Å². The molecule has 0 aliphatic rings. The number of rotatable bonds is 5. The van der Waals surface area contributed by atoms with Gasteiger partial charge >= 0.3 is 11.9 Å². The minimum absolute atomic E-state index is 0.200. The minimum atomic E-state index is -0.986. The zero-order chi connectivity index (χ0) is 15.4. The maximum absolute atomic E-state index is 11.5. The Hall–Kier alpha value is -2.76. The quantitative estimate of drug-likeness (QED) is 0.823. The molecule has 1 aromatic carbocycles. The molecule has 0 radical (unpaired) electrons. The van der Waals surface area contributed by atoms with Gasteiger partial charge in [-0.15, -0.1) is 0 Å². The number of methoxy groups -OCH3 is 1. The molecule has 0 aliphatic carbocycles. The molecule has 6 nitrogen and oxygen atoms in total. The van der Waals surface area contributed by atoms with Crippen molar-refractivity contribution >= 4 is 17.6 Å². The minimum Gasteiger partial charge on any atom is -0.478 e.